The number of hydrogen-bond acceptors (Lipinski definition) is 3. The van der Waals surface area contributed by atoms with Crippen molar-refractivity contribution >= 4 is 40.9 Å². The highest BCUT2D eigenvalue weighted by Crippen LogP contribution is 2.17. The lowest BCUT2D eigenvalue weighted by Crippen LogP contribution is -2.28. The van der Waals surface area contributed by atoms with Crippen molar-refractivity contribution < 1.29 is 9.59 Å². The molecule has 0 heterocycles. The van der Waals surface area contributed by atoms with Gasteiger partial charge in [-0.2, -0.15) is 0 Å². The Morgan fingerprint density at radius 3 is 2.44 bits per heavy atom. The van der Waals surface area contributed by atoms with Crippen LogP contribution in [0.1, 0.15) is 11.1 Å². The lowest BCUT2D eigenvalue weighted by molar-refractivity contribution is -0.127. The molecular formula is C19H21ClN2O2S. The summed E-state index contributed by atoms with van der Waals surface area (Å²) in [5.74, 6) is 0.338. The zero-order valence-corrected chi connectivity index (χ0v) is 15.9. The van der Waals surface area contributed by atoms with Gasteiger partial charge in [0.05, 0.1) is 11.5 Å². The topological polar surface area (TPSA) is 49.4 Å². The Bertz CT molecular complexity index is 734. The molecule has 0 spiro atoms. The van der Waals surface area contributed by atoms with Crippen LogP contribution in [-0.4, -0.2) is 35.3 Å². The first-order valence-corrected chi connectivity index (χ1v) is 9.40. The Balaban J connectivity index is 1.73. The molecule has 0 unspecified atom stereocenters. The molecule has 0 saturated heterocycles. The molecule has 0 fully saturated rings. The molecule has 6 heteroatoms. The molecule has 132 valence electrons. The number of halogens is 1. The molecule has 0 aromatic heterocycles. The number of amides is 2. The monoisotopic (exact) mass is 376 g/mol. The number of carbonyl (C=O) groups is 2. The standard InChI is InChI=1S/C19H21ClN2O2S/c1-14-7-9-16(10-8-14)21-18(23)12-25-13-19(24)22(2)11-15-5-3-4-6-17(15)20/h3-10H,11-13H2,1-2H3,(H,21,23). The van der Waals surface area contributed by atoms with Gasteiger partial charge in [0, 0.05) is 24.3 Å². The molecule has 1 N–H and O–H groups in total. The maximum atomic E-state index is 12.2. The van der Waals surface area contributed by atoms with Gasteiger partial charge >= 0.3 is 0 Å². The molecule has 2 rings (SSSR count). The third-order valence-corrected chi connectivity index (χ3v) is 4.87. The molecule has 0 radical (unpaired) electrons. The lowest BCUT2D eigenvalue weighted by atomic mass is 10.2. The second-order valence-corrected chi connectivity index (χ2v) is 7.14. The van der Waals surface area contributed by atoms with Crippen molar-refractivity contribution in [3.8, 4) is 0 Å². The summed E-state index contributed by atoms with van der Waals surface area (Å²) in [6.07, 6.45) is 0. The van der Waals surface area contributed by atoms with E-state index in [9.17, 15) is 9.59 Å². The molecule has 0 saturated carbocycles. The van der Waals surface area contributed by atoms with E-state index in [1.807, 2.05) is 49.4 Å². The SMILES string of the molecule is Cc1ccc(NC(=O)CSCC(=O)N(C)Cc2ccccc2Cl)cc1. The summed E-state index contributed by atoms with van der Waals surface area (Å²) >= 11 is 7.41. The zero-order valence-electron chi connectivity index (χ0n) is 14.3. The molecule has 0 aliphatic heterocycles. The average Bonchev–Trinajstić information content (AvgIpc) is 2.59. The number of benzene rings is 2. The van der Waals surface area contributed by atoms with Crippen LogP contribution in [0.3, 0.4) is 0 Å². The smallest absolute Gasteiger partial charge is 0.234 e. The highest BCUT2D eigenvalue weighted by Gasteiger charge is 2.12. The molecule has 25 heavy (non-hydrogen) atoms. The van der Waals surface area contributed by atoms with E-state index < -0.39 is 0 Å². The van der Waals surface area contributed by atoms with Crippen molar-refractivity contribution in [2.75, 3.05) is 23.9 Å². The molecule has 2 amide bonds. The minimum Gasteiger partial charge on any atom is -0.341 e. The van der Waals surface area contributed by atoms with E-state index >= 15 is 0 Å². The predicted molar refractivity (Wildman–Crippen MR) is 105 cm³/mol. The molecule has 0 aliphatic carbocycles. The maximum Gasteiger partial charge on any atom is 0.234 e. The van der Waals surface area contributed by atoms with Crippen molar-refractivity contribution in [2.24, 2.45) is 0 Å². The van der Waals surface area contributed by atoms with E-state index in [1.54, 1.807) is 18.0 Å². The largest absolute Gasteiger partial charge is 0.341 e. The number of thioether (sulfide) groups is 1. The number of rotatable bonds is 7. The van der Waals surface area contributed by atoms with Gasteiger partial charge in [0.25, 0.3) is 0 Å². The highest BCUT2D eigenvalue weighted by molar-refractivity contribution is 8.00. The number of nitrogens with one attached hydrogen (secondary N) is 1. The van der Waals surface area contributed by atoms with Crippen LogP contribution in [0.4, 0.5) is 5.69 Å². The molecule has 2 aromatic rings. The molecule has 2 aromatic carbocycles. The fourth-order valence-electron chi connectivity index (χ4n) is 2.15. The average molecular weight is 377 g/mol. The van der Waals surface area contributed by atoms with E-state index in [-0.39, 0.29) is 23.3 Å². The van der Waals surface area contributed by atoms with Crippen LogP contribution in [0, 0.1) is 6.92 Å². The van der Waals surface area contributed by atoms with Crippen molar-refractivity contribution in [1.29, 1.82) is 0 Å². The van der Waals surface area contributed by atoms with E-state index in [0.717, 1.165) is 16.8 Å². The van der Waals surface area contributed by atoms with Gasteiger partial charge < -0.3 is 10.2 Å². The van der Waals surface area contributed by atoms with Crippen LogP contribution in [0.25, 0.3) is 0 Å². The molecule has 4 nitrogen and oxygen atoms in total. The van der Waals surface area contributed by atoms with Crippen LogP contribution in [0.15, 0.2) is 48.5 Å². The van der Waals surface area contributed by atoms with E-state index in [4.69, 9.17) is 11.6 Å². The summed E-state index contributed by atoms with van der Waals surface area (Å²) in [6, 6.07) is 15.1. The Hall–Kier alpha value is -1.98. The fourth-order valence-corrected chi connectivity index (χ4v) is 3.10. The number of anilines is 1. The van der Waals surface area contributed by atoms with Crippen LogP contribution in [-0.2, 0) is 16.1 Å². The summed E-state index contributed by atoms with van der Waals surface area (Å²) in [5, 5.41) is 3.46. The molecule has 0 bridgehead atoms. The van der Waals surface area contributed by atoms with Gasteiger partial charge in [-0.3, -0.25) is 9.59 Å². The fraction of sp³-hybridized carbons (Fsp3) is 0.263. The summed E-state index contributed by atoms with van der Waals surface area (Å²) in [5.41, 5.74) is 2.81. The molecule has 0 atom stereocenters. The van der Waals surface area contributed by atoms with Crippen LogP contribution in [0.2, 0.25) is 5.02 Å². The van der Waals surface area contributed by atoms with Crippen molar-refractivity contribution in [2.45, 2.75) is 13.5 Å². The Morgan fingerprint density at radius 1 is 1.08 bits per heavy atom. The van der Waals surface area contributed by atoms with Gasteiger partial charge in [0.15, 0.2) is 0 Å². The van der Waals surface area contributed by atoms with Crippen LogP contribution < -0.4 is 5.32 Å². The number of hydrogen-bond donors (Lipinski definition) is 1. The summed E-state index contributed by atoms with van der Waals surface area (Å²) in [7, 11) is 1.73. The van der Waals surface area contributed by atoms with Gasteiger partial charge in [-0.15, -0.1) is 11.8 Å². The number of nitrogens with zero attached hydrogens (tertiary/aromatic N) is 1. The second kappa shape index (κ2) is 9.49. The summed E-state index contributed by atoms with van der Waals surface area (Å²) in [4.78, 5) is 25.7. The van der Waals surface area contributed by atoms with Gasteiger partial charge in [-0.1, -0.05) is 47.5 Å². The Labute approximate surface area is 157 Å². The van der Waals surface area contributed by atoms with Gasteiger partial charge in [-0.05, 0) is 30.7 Å². The first-order valence-electron chi connectivity index (χ1n) is 7.87. The van der Waals surface area contributed by atoms with E-state index in [1.165, 1.54) is 11.8 Å². The molecule has 0 aliphatic rings. The highest BCUT2D eigenvalue weighted by atomic mass is 35.5. The second-order valence-electron chi connectivity index (χ2n) is 5.75. The third-order valence-electron chi connectivity index (χ3n) is 3.59. The Morgan fingerprint density at radius 2 is 1.76 bits per heavy atom. The van der Waals surface area contributed by atoms with E-state index in [2.05, 4.69) is 5.32 Å². The van der Waals surface area contributed by atoms with Crippen molar-refractivity contribution in [3.05, 3.63) is 64.7 Å². The summed E-state index contributed by atoms with van der Waals surface area (Å²) in [6.45, 7) is 2.45. The number of aryl methyl sites for hydroxylation is 1. The van der Waals surface area contributed by atoms with Crippen LogP contribution in [0.5, 0.6) is 0 Å². The van der Waals surface area contributed by atoms with Gasteiger partial charge in [0.1, 0.15) is 0 Å². The van der Waals surface area contributed by atoms with E-state index in [0.29, 0.717) is 11.6 Å². The minimum atomic E-state index is -0.115. The Kier molecular flexibility index (Phi) is 7.34. The number of carbonyl (C=O) groups excluding carboxylic acids is 2. The summed E-state index contributed by atoms with van der Waals surface area (Å²) < 4.78 is 0. The zero-order chi connectivity index (χ0) is 18.2. The predicted octanol–water partition coefficient (Wildman–Crippen LogP) is 3.98. The normalized spacial score (nSPS) is 10.4. The quantitative estimate of drug-likeness (QED) is 0.795. The van der Waals surface area contributed by atoms with Gasteiger partial charge in [-0.25, -0.2) is 0 Å². The van der Waals surface area contributed by atoms with Crippen molar-refractivity contribution in [1.82, 2.24) is 4.90 Å². The van der Waals surface area contributed by atoms with Gasteiger partial charge in [0.2, 0.25) is 11.8 Å². The first kappa shape index (κ1) is 19.3. The van der Waals surface area contributed by atoms with Crippen LogP contribution >= 0.6 is 23.4 Å². The lowest BCUT2D eigenvalue weighted by Gasteiger charge is -2.17. The third kappa shape index (κ3) is 6.44. The first-order chi connectivity index (χ1) is 12.0. The minimum absolute atomic E-state index is 0.0342. The van der Waals surface area contributed by atoms with Crippen molar-refractivity contribution in [3.63, 3.8) is 0 Å². The maximum absolute atomic E-state index is 12.2. The molecular weight excluding hydrogens is 356 g/mol.